The first-order valence-electron chi connectivity index (χ1n) is 14.7. The van der Waals surface area contributed by atoms with Gasteiger partial charge >= 0.3 is 0 Å². The number of allylic oxidation sites excluding steroid dienone is 3. The van der Waals surface area contributed by atoms with Crippen LogP contribution in [0.1, 0.15) is 74.4 Å². The molecule has 0 saturated carbocycles. The Hall–Kier alpha value is -3.84. The van der Waals surface area contributed by atoms with Crippen LogP contribution < -0.4 is 4.90 Å². The Kier molecular flexibility index (Phi) is 5.24. The first-order chi connectivity index (χ1) is 19.0. The standard InChI is InChI=1S/C39H39N/c1-25-21-28(40(7)27-17-19-39(6,20-18-27)26-13-9-8-10-14-26)22-35-36(25)31-24-33-30(23-34(31)38(35,4)5)29-15-11-12-16-32(29)37(33,2)3/h8-19,21-24H,20H2,1-7H3. The minimum Gasteiger partial charge on any atom is -0.345 e. The maximum atomic E-state index is 2.52. The smallest absolute Gasteiger partial charge is 0.0414 e. The van der Waals surface area contributed by atoms with E-state index in [4.69, 9.17) is 0 Å². The highest BCUT2D eigenvalue weighted by Gasteiger charge is 2.42. The Bertz CT molecular complexity index is 1750. The first kappa shape index (κ1) is 25.1. The lowest BCUT2D eigenvalue weighted by molar-refractivity contribution is 0.595. The second-order valence-electron chi connectivity index (χ2n) is 13.4. The largest absolute Gasteiger partial charge is 0.345 e. The Morgan fingerprint density at radius 3 is 2.02 bits per heavy atom. The Morgan fingerprint density at radius 1 is 0.650 bits per heavy atom. The van der Waals surface area contributed by atoms with E-state index in [0.29, 0.717) is 0 Å². The van der Waals surface area contributed by atoms with Gasteiger partial charge in [-0.25, -0.2) is 0 Å². The van der Waals surface area contributed by atoms with Crippen molar-refractivity contribution >= 4 is 5.69 Å². The fraction of sp³-hybridized carbons (Fsp3) is 0.282. The van der Waals surface area contributed by atoms with E-state index in [0.717, 1.165) is 6.42 Å². The van der Waals surface area contributed by atoms with E-state index in [1.165, 1.54) is 67.0 Å². The van der Waals surface area contributed by atoms with Crippen molar-refractivity contribution in [1.29, 1.82) is 0 Å². The van der Waals surface area contributed by atoms with E-state index < -0.39 is 0 Å². The normalized spacial score (nSPS) is 20.8. The van der Waals surface area contributed by atoms with Crippen LogP contribution in [0.15, 0.2) is 103 Å². The molecule has 0 aromatic heterocycles. The molecule has 7 rings (SSSR count). The molecule has 200 valence electrons. The number of anilines is 1. The molecule has 0 spiro atoms. The average Bonchev–Trinajstić information content (AvgIpc) is 3.32. The van der Waals surface area contributed by atoms with Gasteiger partial charge in [0.1, 0.15) is 0 Å². The topological polar surface area (TPSA) is 3.24 Å². The number of benzene rings is 4. The van der Waals surface area contributed by atoms with Crippen molar-refractivity contribution in [2.45, 2.75) is 64.2 Å². The predicted molar refractivity (Wildman–Crippen MR) is 170 cm³/mol. The molecule has 0 radical (unpaired) electrons. The molecule has 1 nitrogen and oxygen atoms in total. The number of fused-ring (bicyclic) bond motifs is 6. The lowest BCUT2D eigenvalue weighted by atomic mass is 9.77. The van der Waals surface area contributed by atoms with Crippen molar-refractivity contribution < 1.29 is 0 Å². The summed E-state index contributed by atoms with van der Waals surface area (Å²) in [5.41, 5.74) is 16.7. The molecule has 0 heterocycles. The van der Waals surface area contributed by atoms with E-state index in [2.05, 4.69) is 151 Å². The number of nitrogens with zero attached hydrogens (tertiary/aromatic N) is 1. The van der Waals surface area contributed by atoms with E-state index in [-0.39, 0.29) is 16.2 Å². The Balaban J connectivity index is 1.28. The Morgan fingerprint density at radius 2 is 1.30 bits per heavy atom. The number of hydrogen-bond donors (Lipinski definition) is 0. The molecule has 4 aromatic rings. The molecule has 0 amide bonds. The monoisotopic (exact) mass is 521 g/mol. The summed E-state index contributed by atoms with van der Waals surface area (Å²) in [6, 6.07) is 29.7. The molecule has 0 fully saturated rings. The zero-order valence-electron chi connectivity index (χ0n) is 24.9. The van der Waals surface area contributed by atoms with E-state index in [1.54, 1.807) is 0 Å². The van der Waals surface area contributed by atoms with Crippen LogP contribution in [-0.2, 0) is 16.2 Å². The molecule has 3 aliphatic rings. The summed E-state index contributed by atoms with van der Waals surface area (Å²) in [7, 11) is 2.21. The highest BCUT2D eigenvalue weighted by molar-refractivity contribution is 5.91. The van der Waals surface area contributed by atoms with Gasteiger partial charge in [0.2, 0.25) is 0 Å². The van der Waals surface area contributed by atoms with Crippen LogP contribution in [0.4, 0.5) is 5.69 Å². The van der Waals surface area contributed by atoms with Gasteiger partial charge in [-0.2, -0.15) is 0 Å². The fourth-order valence-electron chi connectivity index (χ4n) is 7.58. The molecule has 0 saturated heterocycles. The number of rotatable bonds is 3. The van der Waals surface area contributed by atoms with Crippen molar-refractivity contribution in [1.82, 2.24) is 0 Å². The van der Waals surface area contributed by atoms with Crippen LogP contribution >= 0.6 is 0 Å². The lowest BCUT2D eigenvalue weighted by Crippen LogP contribution is -2.24. The second kappa shape index (κ2) is 8.33. The van der Waals surface area contributed by atoms with Gasteiger partial charge in [0, 0.05) is 34.7 Å². The first-order valence-corrected chi connectivity index (χ1v) is 14.7. The summed E-state index contributed by atoms with van der Waals surface area (Å²) in [5, 5.41) is 0. The highest BCUT2D eigenvalue weighted by atomic mass is 15.1. The fourth-order valence-corrected chi connectivity index (χ4v) is 7.58. The maximum Gasteiger partial charge on any atom is 0.0414 e. The summed E-state index contributed by atoms with van der Waals surface area (Å²) in [6.45, 7) is 14.2. The van der Waals surface area contributed by atoms with Gasteiger partial charge in [0.25, 0.3) is 0 Å². The number of likely N-dealkylation sites (N-methyl/N-ethyl adjacent to an activating group) is 1. The molecule has 1 heteroatoms. The minimum absolute atomic E-state index is 0.00988. The van der Waals surface area contributed by atoms with Gasteiger partial charge in [-0.3, -0.25) is 0 Å². The molecule has 1 atom stereocenters. The van der Waals surface area contributed by atoms with Crippen molar-refractivity contribution in [3.8, 4) is 22.3 Å². The molecular formula is C39H39N. The third-order valence-corrected chi connectivity index (χ3v) is 10.2. The van der Waals surface area contributed by atoms with Crippen LogP contribution in [0.3, 0.4) is 0 Å². The number of aryl methyl sites for hydroxylation is 1. The van der Waals surface area contributed by atoms with Gasteiger partial charge < -0.3 is 4.90 Å². The molecule has 0 N–H and O–H groups in total. The van der Waals surface area contributed by atoms with Gasteiger partial charge in [-0.1, -0.05) is 101 Å². The summed E-state index contributed by atoms with van der Waals surface area (Å²) in [4.78, 5) is 2.37. The van der Waals surface area contributed by atoms with Crippen LogP contribution in [0, 0.1) is 6.92 Å². The van der Waals surface area contributed by atoms with Gasteiger partial charge in [-0.15, -0.1) is 0 Å². The lowest BCUT2D eigenvalue weighted by Gasteiger charge is -2.32. The molecule has 4 aromatic carbocycles. The van der Waals surface area contributed by atoms with Crippen molar-refractivity contribution in [3.63, 3.8) is 0 Å². The zero-order valence-corrected chi connectivity index (χ0v) is 24.9. The minimum atomic E-state index is -0.0638. The molecule has 1 unspecified atom stereocenters. The van der Waals surface area contributed by atoms with Crippen LogP contribution in [-0.4, -0.2) is 7.05 Å². The Labute approximate surface area is 239 Å². The van der Waals surface area contributed by atoms with Crippen LogP contribution in [0.2, 0.25) is 0 Å². The SMILES string of the molecule is Cc1cc(N(C)C2=CCC(C)(c3ccccc3)C=C2)cc2c1-c1cc3c(cc1C2(C)C)-c1ccccc1C3(C)C. The summed E-state index contributed by atoms with van der Waals surface area (Å²) in [5.74, 6) is 0. The zero-order chi connectivity index (χ0) is 28.0. The molecule has 40 heavy (non-hydrogen) atoms. The molecule has 0 bridgehead atoms. The van der Waals surface area contributed by atoms with Crippen molar-refractivity contribution in [2.24, 2.45) is 0 Å². The van der Waals surface area contributed by atoms with Gasteiger partial charge in [0.15, 0.2) is 0 Å². The summed E-state index contributed by atoms with van der Waals surface area (Å²) in [6.07, 6.45) is 8.09. The highest BCUT2D eigenvalue weighted by Crippen LogP contribution is 2.57. The quantitative estimate of drug-likeness (QED) is 0.259. The van der Waals surface area contributed by atoms with Crippen molar-refractivity contribution in [2.75, 3.05) is 11.9 Å². The van der Waals surface area contributed by atoms with E-state index >= 15 is 0 Å². The van der Waals surface area contributed by atoms with Crippen LogP contribution in [0.25, 0.3) is 22.3 Å². The van der Waals surface area contributed by atoms with Crippen LogP contribution in [0.5, 0.6) is 0 Å². The summed E-state index contributed by atoms with van der Waals surface area (Å²) < 4.78 is 0. The predicted octanol–water partition coefficient (Wildman–Crippen LogP) is 9.85. The molecular weight excluding hydrogens is 482 g/mol. The maximum absolute atomic E-state index is 2.52. The average molecular weight is 522 g/mol. The van der Waals surface area contributed by atoms with Gasteiger partial charge in [-0.05, 0) is 99.3 Å². The van der Waals surface area contributed by atoms with Crippen molar-refractivity contribution in [3.05, 3.63) is 136 Å². The van der Waals surface area contributed by atoms with E-state index in [9.17, 15) is 0 Å². The molecule has 3 aliphatic carbocycles. The molecule has 0 aliphatic heterocycles. The third-order valence-electron chi connectivity index (χ3n) is 10.2. The number of hydrogen-bond acceptors (Lipinski definition) is 1. The second-order valence-corrected chi connectivity index (χ2v) is 13.4. The summed E-state index contributed by atoms with van der Waals surface area (Å²) >= 11 is 0. The van der Waals surface area contributed by atoms with Gasteiger partial charge in [0.05, 0.1) is 0 Å². The van der Waals surface area contributed by atoms with E-state index in [1.807, 2.05) is 0 Å². The third kappa shape index (κ3) is 3.40.